The van der Waals surface area contributed by atoms with Crippen LogP contribution >= 0.6 is 0 Å². The van der Waals surface area contributed by atoms with Crippen LogP contribution in [0.25, 0.3) is 10.9 Å². The van der Waals surface area contributed by atoms with Gasteiger partial charge in [-0.3, -0.25) is 4.98 Å². The lowest BCUT2D eigenvalue weighted by Gasteiger charge is -2.06. The molecule has 2 aromatic rings. The fourth-order valence-corrected chi connectivity index (χ4v) is 1.89. The van der Waals surface area contributed by atoms with E-state index in [4.69, 9.17) is 5.14 Å². The second-order valence-electron chi connectivity index (χ2n) is 3.71. The number of hydrogen-bond donors (Lipinski definition) is 2. The molecule has 90 valence electrons. The van der Waals surface area contributed by atoms with Crippen molar-refractivity contribution in [1.29, 1.82) is 0 Å². The van der Waals surface area contributed by atoms with Crippen molar-refractivity contribution in [3.05, 3.63) is 36.5 Å². The molecule has 0 fully saturated rings. The van der Waals surface area contributed by atoms with E-state index in [1.54, 1.807) is 6.20 Å². The molecule has 3 N–H and O–H groups in total. The number of benzene rings is 1. The summed E-state index contributed by atoms with van der Waals surface area (Å²) in [7, 11) is -3.42. The zero-order valence-corrected chi connectivity index (χ0v) is 9.94. The normalized spacial score (nSPS) is 11.6. The first-order chi connectivity index (χ1) is 8.04. The van der Waals surface area contributed by atoms with E-state index in [1.807, 2.05) is 30.3 Å². The van der Waals surface area contributed by atoms with Crippen LogP contribution in [0.2, 0.25) is 0 Å². The van der Waals surface area contributed by atoms with Gasteiger partial charge < -0.3 is 5.32 Å². The van der Waals surface area contributed by atoms with Crippen molar-refractivity contribution < 1.29 is 8.42 Å². The van der Waals surface area contributed by atoms with E-state index in [0.717, 1.165) is 16.6 Å². The summed E-state index contributed by atoms with van der Waals surface area (Å²) in [5.74, 6) is -0.0974. The predicted octanol–water partition coefficient (Wildman–Crippen LogP) is 0.935. The monoisotopic (exact) mass is 251 g/mol. The fourth-order valence-electron chi connectivity index (χ4n) is 1.51. The average Bonchev–Trinajstić information content (AvgIpc) is 2.27. The van der Waals surface area contributed by atoms with Crippen molar-refractivity contribution in [1.82, 2.24) is 4.98 Å². The third kappa shape index (κ3) is 3.40. The average molecular weight is 251 g/mol. The van der Waals surface area contributed by atoms with E-state index in [1.165, 1.54) is 0 Å². The molecule has 0 aliphatic heterocycles. The lowest BCUT2D eigenvalue weighted by Crippen LogP contribution is -2.22. The second kappa shape index (κ2) is 4.68. The predicted molar refractivity (Wildman–Crippen MR) is 68.2 cm³/mol. The zero-order valence-electron chi connectivity index (χ0n) is 9.13. The van der Waals surface area contributed by atoms with Gasteiger partial charge in [0, 0.05) is 11.9 Å². The first kappa shape index (κ1) is 11.8. The van der Waals surface area contributed by atoms with Gasteiger partial charge in [0.1, 0.15) is 0 Å². The minimum atomic E-state index is -3.42. The molecule has 0 unspecified atom stereocenters. The van der Waals surface area contributed by atoms with Gasteiger partial charge in [0.25, 0.3) is 0 Å². The molecule has 6 heteroatoms. The summed E-state index contributed by atoms with van der Waals surface area (Å²) in [6.45, 7) is 0.277. The smallest absolute Gasteiger partial charge is 0.210 e. The molecule has 1 heterocycles. The molecule has 5 nitrogen and oxygen atoms in total. The molecule has 1 aromatic carbocycles. The number of rotatable bonds is 4. The van der Waals surface area contributed by atoms with Crippen molar-refractivity contribution in [2.24, 2.45) is 5.14 Å². The maximum Gasteiger partial charge on any atom is 0.210 e. The van der Waals surface area contributed by atoms with Gasteiger partial charge in [-0.15, -0.1) is 0 Å². The number of primary sulfonamides is 1. The Hall–Kier alpha value is -1.66. The van der Waals surface area contributed by atoms with Crippen LogP contribution in [0.1, 0.15) is 0 Å². The fraction of sp³-hybridized carbons (Fsp3) is 0.182. The standard InChI is InChI=1S/C11H13N3O2S/c12-17(15,16)6-5-13-10-7-9-3-1-2-4-11(9)14-8-10/h1-4,7-8,13H,5-6H2,(H2,12,15,16). The first-order valence-electron chi connectivity index (χ1n) is 5.14. The largest absolute Gasteiger partial charge is 0.383 e. The Morgan fingerprint density at radius 1 is 1.29 bits per heavy atom. The van der Waals surface area contributed by atoms with Crippen LogP contribution in [0.4, 0.5) is 5.69 Å². The van der Waals surface area contributed by atoms with Crippen molar-refractivity contribution in [2.45, 2.75) is 0 Å². The molecular weight excluding hydrogens is 238 g/mol. The molecule has 1 aromatic heterocycles. The van der Waals surface area contributed by atoms with Crippen LogP contribution in [0.3, 0.4) is 0 Å². The number of hydrogen-bond acceptors (Lipinski definition) is 4. The molecule has 0 aliphatic carbocycles. The first-order valence-corrected chi connectivity index (χ1v) is 6.85. The minimum absolute atomic E-state index is 0.0974. The maximum atomic E-state index is 10.8. The summed E-state index contributed by atoms with van der Waals surface area (Å²) >= 11 is 0. The quantitative estimate of drug-likeness (QED) is 0.846. The van der Waals surface area contributed by atoms with Crippen LogP contribution in [0.15, 0.2) is 36.5 Å². The summed E-state index contributed by atoms with van der Waals surface area (Å²) in [6.07, 6.45) is 1.67. The van der Waals surface area contributed by atoms with E-state index in [0.29, 0.717) is 0 Å². The van der Waals surface area contributed by atoms with Crippen LogP contribution in [-0.2, 0) is 10.0 Å². The number of sulfonamides is 1. The maximum absolute atomic E-state index is 10.8. The van der Waals surface area contributed by atoms with E-state index in [2.05, 4.69) is 10.3 Å². The number of fused-ring (bicyclic) bond motifs is 1. The van der Waals surface area contributed by atoms with E-state index in [9.17, 15) is 8.42 Å². The Labute approximate surface area is 99.7 Å². The van der Waals surface area contributed by atoms with Crippen molar-refractivity contribution in [2.75, 3.05) is 17.6 Å². The summed E-state index contributed by atoms with van der Waals surface area (Å²) in [5.41, 5.74) is 1.69. The molecule has 0 aliphatic rings. The Bertz CT molecular complexity index is 625. The molecule has 0 radical (unpaired) electrons. The van der Waals surface area contributed by atoms with E-state index >= 15 is 0 Å². The highest BCUT2D eigenvalue weighted by Crippen LogP contribution is 2.15. The third-order valence-electron chi connectivity index (χ3n) is 2.31. The minimum Gasteiger partial charge on any atom is -0.383 e. The molecule has 0 amide bonds. The number of aromatic nitrogens is 1. The molecule has 0 bridgehead atoms. The number of nitrogens with two attached hydrogens (primary N) is 1. The SMILES string of the molecule is NS(=O)(=O)CCNc1cnc2ccccc2c1. The van der Waals surface area contributed by atoms with Crippen LogP contribution in [0, 0.1) is 0 Å². The highest BCUT2D eigenvalue weighted by Gasteiger charge is 2.02. The Morgan fingerprint density at radius 3 is 2.82 bits per heavy atom. The Morgan fingerprint density at radius 2 is 2.06 bits per heavy atom. The van der Waals surface area contributed by atoms with Gasteiger partial charge in [-0.2, -0.15) is 0 Å². The molecule has 0 atom stereocenters. The highest BCUT2D eigenvalue weighted by molar-refractivity contribution is 7.89. The van der Waals surface area contributed by atoms with Crippen LogP contribution in [0.5, 0.6) is 0 Å². The molecule has 2 rings (SSSR count). The summed E-state index contributed by atoms with van der Waals surface area (Å²) < 4.78 is 21.5. The molecule has 0 spiro atoms. The number of para-hydroxylation sites is 1. The van der Waals surface area contributed by atoms with Crippen molar-refractivity contribution in [3.63, 3.8) is 0 Å². The van der Waals surface area contributed by atoms with Crippen molar-refractivity contribution >= 4 is 26.6 Å². The number of anilines is 1. The van der Waals surface area contributed by atoms with Gasteiger partial charge in [0.2, 0.25) is 10.0 Å². The highest BCUT2D eigenvalue weighted by atomic mass is 32.2. The molecule has 17 heavy (non-hydrogen) atoms. The van der Waals surface area contributed by atoms with Gasteiger partial charge in [-0.1, -0.05) is 18.2 Å². The number of pyridine rings is 1. The Kier molecular flexibility index (Phi) is 3.26. The zero-order chi connectivity index (χ0) is 12.3. The Balaban J connectivity index is 2.09. The molecule has 0 saturated carbocycles. The second-order valence-corrected chi connectivity index (χ2v) is 5.44. The number of nitrogens with zero attached hydrogens (tertiary/aromatic N) is 1. The van der Waals surface area contributed by atoms with Gasteiger partial charge in [0.05, 0.1) is 23.2 Å². The molecule has 0 saturated heterocycles. The van der Waals surface area contributed by atoms with E-state index < -0.39 is 10.0 Å². The summed E-state index contributed by atoms with van der Waals surface area (Å²) in [5, 5.41) is 8.89. The summed E-state index contributed by atoms with van der Waals surface area (Å²) in [4.78, 5) is 4.25. The van der Waals surface area contributed by atoms with Gasteiger partial charge in [-0.25, -0.2) is 13.6 Å². The summed E-state index contributed by atoms with van der Waals surface area (Å²) in [6, 6.07) is 9.64. The van der Waals surface area contributed by atoms with Gasteiger partial charge in [0.15, 0.2) is 0 Å². The lowest BCUT2D eigenvalue weighted by atomic mass is 10.2. The third-order valence-corrected chi connectivity index (χ3v) is 3.08. The molecular formula is C11H13N3O2S. The van der Waals surface area contributed by atoms with Crippen LogP contribution < -0.4 is 10.5 Å². The lowest BCUT2D eigenvalue weighted by molar-refractivity contribution is 0.598. The van der Waals surface area contributed by atoms with E-state index in [-0.39, 0.29) is 12.3 Å². The van der Waals surface area contributed by atoms with Gasteiger partial charge in [-0.05, 0) is 12.1 Å². The van der Waals surface area contributed by atoms with Gasteiger partial charge >= 0.3 is 0 Å². The topological polar surface area (TPSA) is 85.1 Å². The number of nitrogens with one attached hydrogen (secondary N) is 1. The van der Waals surface area contributed by atoms with Crippen molar-refractivity contribution in [3.8, 4) is 0 Å². The van der Waals surface area contributed by atoms with Crippen LogP contribution in [-0.4, -0.2) is 25.7 Å².